The third kappa shape index (κ3) is 3.66. The minimum Gasteiger partial charge on any atom is -0.354 e. The molecule has 1 aliphatic rings. The molecule has 3 aromatic heterocycles. The van der Waals surface area contributed by atoms with E-state index in [0.29, 0.717) is 54.9 Å². The first-order valence-electron chi connectivity index (χ1n) is 9.45. The van der Waals surface area contributed by atoms with Gasteiger partial charge < -0.3 is 9.88 Å². The van der Waals surface area contributed by atoms with Crippen LogP contribution in [0.5, 0.6) is 0 Å². The van der Waals surface area contributed by atoms with Crippen LogP contribution in [0.4, 0.5) is 5.82 Å². The number of nitriles is 1. The van der Waals surface area contributed by atoms with Crippen LogP contribution in [0.3, 0.4) is 0 Å². The van der Waals surface area contributed by atoms with Gasteiger partial charge in [-0.2, -0.15) is 9.57 Å². The zero-order valence-corrected chi connectivity index (χ0v) is 16.9. The number of H-pyrrole nitrogens is 1. The van der Waals surface area contributed by atoms with Gasteiger partial charge in [0.05, 0.1) is 22.4 Å². The maximum atomic E-state index is 12.2. The lowest BCUT2D eigenvalue weighted by Gasteiger charge is -2.34. The molecule has 0 bridgehead atoms. The Morgan fingerprint density at radius 3 is 2.62 bits per heavy atom. The molecule has 0 aliphatic carbocycles. The summed E-state index contributed by atoms with van der Waals surface area (Å²) in [5.41, 5.74) is 2.55. The first-order chi connectivity index (χ1) is 14.0. The van der Waals surface area contributed by atoms with Gasteiger partial charge in [-0.1, -0.05) is 6.92 Å². The van der Waals surface area contributed by atoms with E-state index in [2.05, 4.69) is 30.9 Å². The molecule has 1 aliphatic heterocycles. The number of piperazine rings is 1. The Labute approximate surface area is 169 Å². The SMILES string of the molecule is CCCS(=O)(=O)N1CCN(c2ccc(-c3ncnc4[nH]cc(C#N)c34)cn2)CC1. The lowest BCUT2D eigenvalue weighted by atomic mass is 10.1. The molecule has 1 N–H and O–H groups in total. The molecule has 0 unspecified atom stereocenters. The number of nitrogens with one attached hydrogen (secondary N) is 1. The highest BCUT2D eigenvalue weighted by Gasteiger charge is 2.26. The molecule has 150 valence electrons. The smallest absolute Gasteiger partial charge is 0.214 e. The molecule has 0 atom stereocenters. The van der Waals surface area contributed by atoms with Gasteiger partial charge in [-0.3, -0.25) is 0 Å². The van der Waals surface area contributed by atoms with Crippen LogP contribution in [0.15, 0.2) is 30.9 Å². The number of sulfonamides is 1. The fourth-order valence-electron chi connectivity index (χ4n) is 3.57. The standard InChI is InChI=1S/C19H21N7O2S/c1-2-9-29(27,28)26-7-5-25(6-8-26)16-4-3-14(11-21-16)18-17-15(10-20)12-22-19(17)24-13-23-18/h3-4,11-13H,2,5-9H2,1H3,(H,22,23,24). The zero-order chi connectivity index (χ0) is 20.4. The van der Waals surface area contributed by atoms with Crippen molar-refractivity contribution in [3.05, 3.63) is 36.4 Å². The van der Waals surface area contributed by atoms with Gasteiger partial charge >= 0.3 is 0 Å². The minimum absolute atomic E-state index is 0.192. The lowest BCUT2D eigenvalue weighted by molar-refractivity contribution is 0.383. The van der Waals surface area contributed by atoms with Crippen molar-refractivity contribution in [3.8, 4) is 17.3 Å². The summed E-state index contributed by atoms with van der Waals surface area (Å²) < 4.78 is 26.0. The van der Waals surface area contributed by atoms with Crippen molar-refractivity contribution in [2.75, 3.05) is 36.8 Å². The molecule has 10 heteroatoms. The fourth-order valence-corrected chi connectivity index (χ4v) is 5.06. The third-order valence-electron chi connectivity index (χ3n) is 5.03. The van der Waals surface area contributed by atoms with E-state index in [1.807, 2.05) is 19.1 Å². The molecule has 0 saturated carbocycles. The van der Waals surface area contributed by atoms with Crippen LogP contribution in [0.25, 0.3) is 22.3 Å². The van der Waals surface area contributed by atoms with Crippen molar-refractivity contribution in [1.82, 2.24) is 24.2 Å². The largest absolute Gasteiger partial charge is 0.354 e. The van der Waals surface area contributed by atoms with E-state index >= 15 is 0 Å². The van der Waals surface area contributed by atoms with Gasteiger partial charge in [-0.15, -0.1) is 0 Å². The van der Waals surface area contributed by atoms with E-state index in [-0.39, 0.29) is 5.75 Å². The Morgan fingerprint density at radius 1 is 1.17 bits per heavy atom. The monoisotopic (exact) mass is 411 g/mol. The molecule has 0 radical (unpaired) electrons. The summed E-state index contributed by atoms with van der Waals surface area (Å²) in [7, 11) is -3.16. The average molecular weight is 411 g/mol. The molecular formula is C19H21N7O2S. The van der Waals surface area contributed by atoms with Gasteiger partial charge in [0.25, 0.3) is 0 Å². The van der Waals surface area contributed by atoms with Crippen LogP contribution in [-0.4, -0.2) is 64.6 Å². The normalized spacial score (nSPS) is 15.5. The Kier molecular flexibility index (Phi) is 5.17. The van der Waals surface area contributed by atoms with Crippen molar-refractivity contribution in [2.45, 2.75) is 13.3 Å². The van der Waals surface area contributed by atoms with Gasteiger partial charge in [0.2, 0.25) is 10.0 Å². The molecule has 0 aromatic carbocycles. The molecule has 4 heterocycles. The highest BCUT2D eigenvalue weighted by molar-refractivity contribution is 7.89. The first-order valence-corrected chi connectivity index (χ1v) is 11.1. The summed E-state index contributed by atoms with van der Waals surface area (Å²) in [4.78, 5) is 18.1. The molecule has 0 spiro atoms. The van der Waals surface area contributed by atoms with Gasteiger partial charge in [0.1, 0.15) is 23.9 Å². The lowest BCUT2D eigenvalue weighted by Crippen LogP contribution is -2.49. The molecule has 4 rings (SSSR count). The average Bonchev–Trinajstić information content (AvgIpc) is 3.17. The van der Waals surface area contributed by atoms with E-state index in [1.54, 1.807) is 16.7 Å². The van der Waals surface area contributed by atoms with Crippen LogP contribution < -0.4 is 4.90 Å². The Hall–Kier alpha value is -3.03. The topological polar surface area (TPSA) is 119 Å². The van der Waals surface area contributed by atoms with Crippen molar-refractivity contribution in [3.63, 3.8) is 0 Å². The van der Waals surface area contributed by atoms with Gasteiger partial charge in [-0.05, 0) is 18.6 Å². The maximum Gasteiger partial charge on any atom is 0.214 e. The van der Waals surface area contributed by atoms with E-state index in [0.717, 1.165) is 11.4 Å². The van der Waals surface area contributed by atoms with E-state index < -0.39 is 10.0 Å². The molecule has 1 fully saturated rings. The van der Waals surface area contributed by atoms with Crippen LogP contribution in [0.1, 0.15) is 18.9 Å². The highest BCUT2D eigenvalue weighted by Crippen LogP contribution is 2.28. The van der Waals surface area contributed by atoms with Gasteiger partial charge in [0, 0.05) is 44.1 Å². The van der Waals surface area contributed by atoms with Crippen molar-refractivity contribution in [1.29, 1.82) is 5.26 Å². The van der Waals surface area contributed by atoms with Crippen LogP contribution in [0.2, 0.25) is 0 Å². The van der Waals surface area contributed by atoms with Crippen LogP contribution in [-0.2, 0) is 10.0 Å². The predicted octanol–water partition coefficient (Wildman–Crippen LogP) is 1.75. The Bertz CT molecular complexity index is 1160. The number of hydrogen-bond acceptors (Lipinski definition) is 7. The second-order valence-electron chi connectivity index (χ2n) is 6.87. The minimum atomic E-state index is -3.16. The number of aromatic nitrogens is 4. The van der Waals surface area contributed by atoms with Crippen molar-refractivity contribution in [2.24, 2.45) is 0 Å². The highest BCUT2D eigenvalue weighted by atomic mass is 32.2. The number of pyridine rings is 1. The number of hydrogen-bond donors (Lipinski definition) is 1. The number of aromatic amines is 1. The van der Waals surface area contributed by atoms with Gasteiger partial charge in [-0.25, -0.2) is 23.4 Å². The third-order valence-corrected chi connectivity index (χ3v) is 7.11. The zero-order valence-electron chi connectivity index (χ0n) is 16.0. The van der Waals surface area contributed by atoms with Crippen LogP contribution >= 0.6 is 0 Å². The molecule has 3 aromatic rings. The number of nitrogens with zero attached hydrogens (tertiary/aromatic N) is 6. The Morgan fingerprint density at radius 2 is 1.97 bits per heavy atom. The number of anilines is 1. The first kappa shape index (κ1) is 19.3. The molecule has 1 saturated heterocycles. The summed E-state index contributed by atoms with van der Waals surface area (Å²) in [5.74, 6) is 0.984. The van der Waals surface area contributed by atoms with Crippen molar-refractivity contribution >= 4 is 26.9 Å². The second-order valence-corrected chi connectivity index (χ2v) is 8.96. The van der Waals surface area contributed by atoms with E-state index in [9.17, 15) is 13.7 Å². The van der Waals surface area contributed by atoms with E-state index in [4.69, 9.17) is 0 Å². The fraction of sp³-hybridized carbons (Fsp3) is 0.368. The maximum absolute atomic E-state index is 12.2. The Balaban J connectivity index is 1.53. The summed E-state index contributed by atoms with van der Waals surface area (Å²) in [5, 5.41) is 10.0. The van der Waals surface area contributed by atoms with Crippen LogP contribution in [0, 0.1) is 11.3 Å². The summed E-state index contributed by atoms with van der Waals surface area (Å²) >= 11 is 0. The summed E-state index contributed by atoms with van der Waals surface area (Å²) in [6.45, 7) is 4.00. The van der Waals surface area contributed by atoms with Crippen molar-refractivity contribution < 1.29 is 8.42 Å². The predicted molar refractivity (Wildman–Crippen MR) is 110 cm³/mol. The summed E-state index contributed by atoms with van der Waals surface area (Å²) in [6, 6.07) is 5.97. The number of fused-ring (bicyclic) bond motifs is 1. The molecular weight excluding hydrogens is 390 g/mol. The summed E-state index contributed by atoms with van der Waals surface area (Å²) in [6.07, 6.45) is 5.43. The molecule has 0 amide bonds. The second kappa shape index (κ2) is 7.77. The van der Waals surface area contributed by atoms with Gasteiger partial charge in [0.15, 0.2) is 0 Å². The molecule has 29 heavy (non-hydrogen) atoms. The van der Waals surface area contributed by atoms with E-state index in [1.165, 1.54) is 6.33 Å². The molecule has 9 nitrogen and oxygen atoms in total. The number of rotatable bonds is 5. The quantitative estimate of drug-likeness (QED) is 0.679.